The van der Waals surface area contributed by atoms with Gasteiger partial charge in [0, 0.05) is 11.0 Å². The van der Waals surface area contributed by atoms with Gasteiger partial charge in [-0.3, -0.25) is 5.84 Å². The Bertz CT molecular complexity index is 492. The highest BCUT2D eigenvalue weighted by molar-refractivity contribution is 9.10. The van der Waals surface area contributed by atoms with Crippen molar-refractivity contribution in [1.29, 1.82) is 5.26 Å². The monoisotopic (exact) mass is 303 g/mol. The second-order valence-corrected chi connectivity index (χ2v) is 5.78. The molecule has 0 aliphatic carbocycles. The summed E-state index contributed by atoms with van der Waals surface area (Å²) in [6, 6.07) is 7.97. The number of nitrogens with two attached hydrogens (primary N) is 1. The maximum Gasteiger partial charge on any atom is 0.255 e. The van der Waals surface area contributed by atoms with Crippen LogP contribution >= 0.6 is 15.9 Å². The van der Waals surface area contributed by atoms with E-state index in [-0.39, 0.29) is 17.9 Å². The standard InChI is InChI=1S/C9H10BrN3O2S/c10-8-2-4-9(5-3-8)16(14,15)13(12)7-1-6-11/h2-5H,1,7,12H2. The van der Waals surface area contributed by atoms with Crippen molar-refractivity contribution in [2.45, 2.75) is 11.3 Å². The summed E-state index contributed by atoms with van der Waals surface area (Å²) in [5.74, 6) is 5.39. The van der Waals surface area contributed by atoms with Crippen molar-refractivity contribution in [2.75, 3.05) is 6.54 Å². The number of benzene rings is 1. The van der Waals surface area contributed by atoms with Crippen LogP contribution in [0.1, 0.15) is 6.42 Å². The van der Waals surface area contributed by atoms with Crippen molar-refractivity contribution in [3.63, 3.8) is 0 Å². The zero-order valence-corrected chi connectivity index (χ0v) is 10.7. The molecular weight excluding hydrogens is 294 g/mol. The Morgan fingerprint density at radius 2 is 1.94 bits per heavy atom. The van der Waals surface area contributed by atoms with E-state index in [4.69, 9.17) is 11.1 Å². The third kappa shape index (κ3) is 3.02. The van der Waals surface area contributed by atoms with Gasteiger partial charge in [-0.15, -0.1) is 4.41 Å². The molecule has 7 heteroatoms. The van der Waals surface area contributed by atoms with Gasteiger partial charge in [0.25, 0.3) is 10.0 Å². The van der Waals surface area contributed by atoms with E-state index in [1.807, 2.05) is 6.07 Å². The number of halogens is 1. The second kappa shape index (κ2) is 5.41. The summed E-state index contributed by atoms with van der Waals surface area (Å²) < 4.78 is 25.1. The molecule has 0 spiro atoms. The van der Waals surface area contributed by atoms with Gasteiger partial charge in [-0.1, -0.05) is 15.9 Å². The van der Waals surface area contributed by atoms with Crippen LogP contribution in [0.25, 0.3) is 0 Å². The first-order valence-corrected chi connectivity index (χ1v) is 6.62. The van der Waals surface area contributed by atoms with Crippen molar-refractivity contribution in [2.24, 2.45) is 5.84 Å². The highest BCUT2D eigenvalue weighted by atomic mass is 79.9. The van der Waals surface area contributed by atoms with Crippen molar-refractivity contribution in [3.05, 3.63) is 28.7 Å². The summed E-state index contributed by atoms with van der Waals surface area (Å²) >= 11 is 3.21. The van der Waals surface area contributed by atoms with Crippen molar-refractivity contribution in [1.82, 2.24) is 4.41 Å². The predicted molar refractivity (Wildman–Crippen MR) is 62.5 cm³/mol. The fourth-order valence-corrected chi connectivity index (χ4v) is 2.37. The van der Waals surface area contributed by atoms with E-state index in [9.17, 15) is 8.42 Å². The van der Waals surface area contributed by atoms with Gasteiger partial charge in [-0.25, -0.2) is 8.42 Å². The van der Waals surface area contributed by atoms with Crippen LogP contribution in [0.5, 0.6) is 0 Å². The van der Waals surface area contributed by atoms with Gasteiger partial charge in [-0.2, -0.15) is 5.26 Å². The largest absolute Gasteiger partial charge is 0.255 e. The number of rotatable bonds is 4. The lowest BCUT2D eigenvalue weighted by Gasteiger charge is -2.14. The molecule has 16 heavy (non-hydrogen) atoms. The van der Waals surface area contributed by atoms with E-state index in [0.717, 1.165) is 4.47 Å². The Labute approximate surface area is 103 Å². The molecule has 0 aromatic heterocycles. The summed E-state index contributed by atoms with van der Waals surface area (Å²) in [6.07, 6.45) is 0.0618. The number of hydrazine groups is 1. The lowest BCUT2D eigenvalue weighted by Crippen LogP contribution is -2.37. The number of nitriles is 1. The van der Waals surface area contributed by atoms with Crippen molar-refractivity contribution < 1.29 is 8.42 Å². The molecule has 0 aliphatic rings. The second-order valence-electron chi connectivity index (χ2n) is 2.98. The summed E-state index contributed by atoms with van der Waals surface area (Å²) in [5, 5.41) is 8.35. The highest BCUT2D eigenvalue weighted by Gasteiger charge is 2.20. The lowest BCUT2D eigenvalue weighted by atomic mass is 10.4. The van der Waals surface area contributed by atoms with Crippen LogP contribution in [0.4, 0.5) is 0 Å². The van der Waals surface area contributed by atoms with Gasteiger partial charge >= 0.3 is 0 Å². The van der Waals surface area contributed by atoms with Crippen LogP contribution in [-0.4, -0.2) is 19.4 Å². The number of sulfonamides is 1. The predicted octanol–water partition coefficient (Wildman–Crippen LogP) is 1.23. The fraction of sp³-hybridized carbons (Fsp3) is 0.222. The van der Waals surface area contributed by atoms with E-state index in [1.165, 1.54) is 12.1 Å². The molecule has 5 nitrogen and oxygen atoms in total. The normalized spacial score (nSPS) is 11.4. The summed E-state index contributed by atoms with van der Waals surface area (Å²) in [7, 11) is -3.69. The zero-order chi connectivity index (χ0) is 12.2. The highest BCUT2D eigenvalue weighted by Crippen LogP contribution is 2.16. The molecule has 2 N–H and O–H groups in total. The molecule has 0 heterocycles. The van der Waals surface area contributed by atoms with Gasteiger partial charge in [0.05, 0.1) is 17.4 Å². The first-order valence-electron chi connectivity index (χ1n) is 4.38. The minimum absolute atomic E-state index is 0.0190. The Kier molecular flexibility index (Phi) is 4.44. The molecule has 0 saturated heterocycles. The van der Waals surface area contributed by atoms with E-state index < -0.39 is 10.0 Å². The Morgan fingerprint density at radius 1 is 1.38 bits per heavy atom. The molecule has 0 radical (unpaired) electrons. The average molecular weight is 304 g/mol. The molecule has 86 valence electrons. The van der Waals surface area contributed by atoms with Crippen LogP contribution in [-0.2, 0) is 10.0 Å². The minimum Gasteiger partial charge on any atom is -0.255 e. The van der Waals surface area contributed by atoms with E-state index in [2.05, 4.69) is 15.9 Å². The molecule has 0 fully saturated rings. The summed E-state index contributed by atoms with van der Waals surface area (Å²) in [6.45, 7) is -0.0190. The smallest absolute Gasteiger partial charge is 0.255 e. The Hall–Kier alpha value is -0.940. The average Bonchev–Trinajstić information content (AvgIpc) is 2.26. The topological polar surface area (TPSA) is 87.2 Å². The van der Waals surface area contributed by atoms with E-state index in [0.29, 0.717) is 4.41 Å². The Balaban J connectivity index is 2.94. The molecule has 0 bridgehead atoms. The molecule has 1 rings (SSSR count). The van der Waals surface area contributed by atoms with Crippen LogP contribution in [0.2, 0.25) is 0 Å². The molecule has 1 aromatic rings. The maximum atomic E-state index is 11.8. The molecule has 0 unspecified atom stereocenters. The maximum absolute atomic E-state index is 11.8. The van der Waals surface area contributed by atoms with Gasteiger partial charge in [-0.05, 0) is 24.3 Å². The number of nitrogens with zero attached hydrogens (tertiary/aromatic N) is 2. The minimum atomic E-state index is -3.69. The number of hydrogen-bond acceptors (Lipinski definition) is 4. The molecule has 0 amide bonds. The molecule has 0 atom stereocenters. The number of hydrogen-bond donors (Lipinski definition) is 1. The van der Waals surface area contributed by atoms with Crippen molar-refractivity contribution >= 4 is 26.0 Å². The summed E-state index contributed by atoms with van der Waals surface area (Å²) in [4.78, 5) is 0.108. The van der Waals surface area contributed by atoms with Crippen LogP contribution in [0.3, 0.4) is 0 Å². The van der Waals surface area contributed by atoms with E-state index in [1.54, 1.807) is 12.1 Å². The SMILES string of the molecule is N#CCCN(N)S(=O)(=O)c1ccc(Br)cc1. The van der Waals surface area contributed by atoms with Crippen molar-refractivity contribution in [3.8, 4) is 6.07 Å². The lowest BCUT2D eigenvalue weighted by molar-refractivity contribution is 0.433. The fourth-order valence-electron chi connectivity index (χ4n) is 1.02. The van der Waals surface area contributed by atoms with Gasteiger partial charge in [0.15, 0.2) is 0 Å². The first kappa shape index (κ1) is 13.1. The van der Waals surface area contributed by atoms with Crippen LogP contribution in [0.15, 0.2) is 33.6 Å². The molecule has 0 aliphatic heterocycles. The quantitative estimate of drug-likeness (QED) is 0.669. The zero-order valence-electron chi connectivity index (χ0n) is 8.30. The Morgan fingerprint density at radius 3 is 2.44 bits per heavy atom. The third-order valence-corrected chi connectivity index (χ3v) is 4.06. The third-order valence-electron chi connectivity index (χ3n) is 1.86. The first-order chi connectivity index (χ1) is 7.48. The molecular formula is C9H10BrN3O2S. The van der Waals surface area contributed by atoms with Gasteiger partial charge in [0.1, 0.15) is 0 Å². The van der Waals surface area contributed by atoms with Gasteiger partial charge in [0.2, 0.25) is 0 Å². The summed E-state index contributed by atoms with van der Waals surface area (Å²) in [5.41, 5.74) is 0. The van der Waals surface area contributed by atoms with E-state index >= 15 is 0 Å². The molecule has 0 saturated carbocycles. The molecule has 1 aromatic carbocycles. The van der Waals surface area contributed by atoms with Crippen LogP contribution in [0, 0.1) is 11.3 Å². The van der Waals surface area contributed by atoms with Crippen LogP contribution < -0.4 is 5.84 Å². The van der Waals surface area contributed by atoms with Gasteiger partial charge < -0.3 is 0 Å².